The number of anilines is 1. The molecule has 0 fully saturated rings. The van der Waals surface area contributed by atoms with Crippen molar-refractivity contribution in [3.8, 4) is 5.75 Å². The first-order chi connectivity index (χ1) is 9.79. The van der Waals surface area contributed by atoms with E-state index in [0.717, 1.165) is 54.3 Å². The molecule has 0 aliphatic carbocycles. The van der Waals surface area contributed by atoms with E-state index in [9.17, 15) is 0 Å². The number of hydrogen-bond acceptors (Lipinski definition) is 3. The maximum absolute atomic E-state index is 5.40. The molecule has 106 valence electrons. The van der Waals surface area contributed by atoms with Crippen molar-refractivity contribution in [3.05, 3.63) is 40.3 Å². The normalized spacial score (nSPS) is 13.7. The summed E-state index contributed by atoms with van der Waals surface area (Å²) in [6, 6.07) is 8.18. The first-order valence-electron chi connectivity index (χ1n) is 6.90. The van der Waals surface area contributed by atoms with E-state index in [0.29, 0.717) is 0 Å². The first kappa shape index (κ1) is 13.5. The largest absolute Gasteiger partial charge is 0.496 e. The van der Waals surface area contributed by atoms with Crippen molar-refractivity contribution in [2.24, 2.45) is 0 Å². The molecule has 0 atom stereocenters. The van der Waals surface area contributed by atoms with Gasteiger partial charge in [-0.2, -0.15) is 0 Å². The molecule has 1 aromatic carbocycles. The summed E-state index contributed by atoms with van der Waals surface area (Å²) in [4.78, 5) is 4.64. The van der Waals surface area contributed by atoms with Gasteiger partial charge < -0.3 is 14.6 Å². The van der Waals surface area contributed by atoms with Crippen LogP contribution < -0.4 is 10.1 Å². The topological polar surface area (TPSA) is 39.1 Å². The highest BCUT2D eigenvalue weighted by atomic mass is 79.9. The lowest BCUT2D eigenvalue weighted by molar-refractivity contribution is 0.409. The Morgan fingerprint density at radius 2 is 2.20 bits per heavy atom. The number of ether oxygens (including phenoxy) is 1. The SMILES string of the molecule is COc1ccccc1CCc1nc(Br)c2n1CCCN2. The van der Waals surface area contributed by atoms with Crippen LogP contribution in [0.3, 0.4) is 0 Å². The molecular formula is C15H18BrN3O. The zero-order chi connectivity index (χ0) is 13.9. The number of methoxy groups -OCH3 is 1. The van der Waals surface area contributed by atoms with Crippen LogP contribution in [0, 0.1) is 0 Å². The Morgan fingerprint density at radius 3 is 3.05 bits per heavy atom. The summed E-state index contributed by atoms with van der Waals surface area (Å²) in [5.41, 5.74) is 1.23. The molecular weight excluding hydrogens is 318 g/mol. The Morgan fingerprint density at radius 1 is 1.35 bits per heavy atom. The van der Waals surface area contributed by atoms with Crippen molar-refractivity contribution in [3.63, 3.8) is 0 Å². The number of aryl methyl sites for hydroxylation is 2. The molecule has 5 heteroatoms. The van der Waals surface area contributed by atoms with Gasteiger partial charge in [0.15, 0.2) is 0 Å². The van der Waals surface area contributed by atoms with Gasteiger partial charge in [-0.05, 0) is 40.4 Å². The molecule has 0 unspecified atom stereocenters. The molecule has 0 bridgehead atoms. The number of imidazole rings is 1. The average molecular weight is 336 g/mol. The zero-order valence-corrected chi connectivity index (χ0v) is 13.1. The van der Waals surface area contributed by atoms with Crippen molar-refractivity contribution in [1.29, 1.82) is 0 Å². The molecule has 0 saturated heterocycles. The van der Waals surface area contributed by atoms with Crippen LogP contribution in [0.15, 0.2) is 28.9 Å². The predicted octanol–water partition coefficient (Wildman–Crippen LogP) is 3.26. The second kappa shape index (κ2) is 5.87. The van der Waals surface area contributed by atoms with Crippen LogP contribution in [0.2, 0.25) is 0 Å². The second-order valence-corrected chi connectivity index (χ2v) is 5.66. The second-order valence-electron chi connectivity index (χ2n) is 4.91. The molecule has 2 heterocycles. The molecule has 0 amide bonds. The predicted molar refractivity (Wildman–Crippen MR) is 83.4 cm³/mol. The number of para-hydroxylation sites is 1. The van der Waals surface area contributed by atoms with Gasteiger partial charge in [0.05, 0.1) is 7.11 Å². The fourth-order valence-electron chi connectivity index (χ4n) is 2.67. The standard InChI is InChI=1S/C15H18BrN3O/c1-20-12-6-3-2-5-11(12)7-8-13-18-14(16)15-17-9-4-10-19(13)15/h2-3,5-6,17H,4,7-10H2,1H3. The smallest absolute Gasteiger partial charge is 0.148 e. The average Bonchev–Trinajstić information content (AvgIpc) is 2.82. The highest BCUT2D eigenvalue weighted by molar-refractivity contribution is 9.10. The summed E-state index contributed by atoms with van der Waals surface area (Å²) >= 11 is 3.54. The third-order valence-electron chi connectivity index (χ3n) is 3.67. The van der Waals surface area contributed by atoms with Gasteiger partial charge in [-0.1, -0.05) is 18.2 Å². The molecule has 20 heavy (non-hydrogen) atoms. The molecule has 1 N–H and O–H groups in total. The zero-order valence-electron chi connectivity index (χ0n) is 11.5. The van der Waals surface area contributed by atoms with Gasteiger partial charge in [0.2, 0.25) is 0 Å². The molecule has 1 aromatic heterocycles. The number of nitrogens with zero attached hydrogens (tertiary/aromatic N) is 2. The third-order valence-corrected chi connectivity index (χ3v) is 4.22. The van der Waals surface area contributed by atoms with Gasteiger partial charge in [0.1, 0.15) is 22.0 Å². The van der Waals surface area contributed by atoms with Crippen LogP contribution in [0.4, 0.5) is 5.82 Å². The van der Waals surface area contributed by atoms with E-state index in [1.165, 1.54) is 5.56 Å². The van der Waals surface area contributed by atoms with Crippen LogP contribution >= 0.6 is 15.9 Å². The quantitative estimate of drug-likeness (QED) is 0.932. The molecule has 2 aromatic rings. The molecule has 4 nitrogen and oxygen atoms in total. The van der Waals surface area contributed by atoms with Crippen LogP contribution in [-0.2, 0) is 19.4 Å². The van der Waals surface area contributed by atoms with Crippen molar-refractivity contribution in [2.45, 2.75) is 25.8 Å². The summed E-state index contributed by atoms with van der Waals surface area (Å²) in [5, 5.41) is 3.40. The first-order valence-corrected chi connectivity index (χ1v) is 7.69. The summed E-state index contributed by atoms with van der Waals surface area (Å²) in [6.45, 7) is 2.07. The van der Waals surface area contributed by atoms with E-state index in [1.54, 1.807) is 7.11 Å². The number of halogens is 1. The Labute approximate surface area is 127 Å². The van der Waals surface area contributed by atoms with Gasteiger partial charge in [-0.15, -0.1) is 0 Å². The van der Waals surface area contributed by atoms with Crippen molar-refractivity contribution in [2.75, 3.05) is 19.0 Å². The minimum absolute atomic E-state index is 0.917. The van der Waals surface area contributed by atoms with Crippen molar-refractivity contribution in [1.82, 2.24) is 9.55 Å². The van der Waals surface area contributed by atoms with E-state index in [2.05, 4.69) is 42.9 Å². The minimum Gasteiger partial charge on any atom is -0.496 e. The van der Waals surface area contributed by atoms with Crippen molar-refractivity contribution < 1.29 is 4.74 Å². The number of nitrogens with one attached hydrogen (secondary N) is 1. The van der Waals surface area contributed by atoms with Gasteiger partial charge in [0.25, 0.3) is 0 Å². The van der Waals surface area contributed by atoms with Crippen LogP contribution in [0.25, 0.3) is 0 Å². The number of rotatable bonds is 4. The molecule has 3 rings (SSSR count). The number of hydrogen-bond donors (Lipinski definition) is 1. The van der Waals surface area contributed by atoms with E-state index in [4.69, 9.17) is 4.74 Å². The summed E-state index contributed by atoms with van der Waals surface area (Å²) < 4.78 is 8.61. The Bertz CT molecular complexity index is 609. The van der Waals surface area contributed by atoms with Crippen LogP contribution in [0.1, 0.15) is 17.8 Å². The Kier molecular flexibility index (Phi) is 3.96. The van der Waals surface area contributed by atoms with E-state index in [1.807, 2.05) is 12.1 Å². The third kappa shape index (κ3) is 2.54. The number of benzene rings is 1. The lowest BCUT2D eigenvalue weighted by Crippen LogP contribution is -2.18. The maximum atomic E-state index is 5.40. The van der Waals surface area contributed by atoms with Gasteiger partial charge in [0, 0.05) is 19.5 Å². The number of fused-ring (bicyclic) bond motifs is 1. The molecule has 1 aliphatic heterocycles. The lowest BCUT2D eigenvalue weighted by atomic mass is 10.1. The van der Waals surface area contributed by atoms with E-state index >= 15 is 0 Å². The number of aromatic nitrogens is 2. The van der Waals surface area contributed by atoms with Crippen LogP contribution in [0.5, 0.6) is 5.75 Å². The highest BCUT2D eigenvalue weighted by Crippen LogP contribution is 2.28. The van der Waals surface area contributed by atoms with Crippen molar-refractivity contribution >= 4 is 21.7 Å². The molecule has 0 saturated carbocycles. The monoisotopic (exact) mass is 335 g/mol. The fraction of sp³-hybridized carbons (Fsp3) is 0.400. The summed E-state index contributed by atoms with van der Waals surface area (Å²) in [6.07, 6.45) is 3.00. The fourth-order valence-corrected chi connectivity index (χ4v) is 3.23. The van der Waals surface area contributed by atoms with Crippen LogP contribution in [-0.4, -0.2) is 23.2 Å². The van der Waals surface area contributed by atoms with E-state index in [-0.39, 0.29) is 0 Å². The lowest BCUT2D eigenvalue weighted by Gasteiger charge is -2.18. The van der Waals surface area contributed by atoms with Gasteiger partial charge in [-0.3, -0.25) is 0 Å². The summed E-state index contributed by atoms with van der Waals surface area (Å²) in [5.74, 6) is 3.20. The molecule has 1 aliphatic rings. The molecule has 0 spiro atoms. The minimum atomic E-state index is 0.917. The van der Waals surface area contributed by atoms with Gasteiger partial charge in [-0.25, -0.2) is 4.98 Å². The van der Waals surface area contributed by atoms with Gasteiger partial charge >= 0.3 is 0 Å². The highest BCUT2D eigenvalue weighted by Gasteiger charge is 2.18. The summed E-state index contributed by atoms with van der Waals surface area (Å²) in [7, 11) is 1.72. The Hall–Kier alpha value is -1.49. The van der Waals surface area contributed by atoms with E-state index < -0.39 is 0 Å². The maximum Gasteiger partial charge on any atom is 0.148 e. The Balaban J connectivity index is 1.79. The molecule has 0 radical (unpaired) electrons.